The van der Waals surface area contributed by atoms with Crippen LogP contribution in [0.25, 0.3) is 0 Å². The molecule has 0 fully saturated rings. The first-order valence-electron chi connectivity index (χ1n) is 9.04. The first-order chi connectivity index (χ1) is 10.7. The minimum atomic E-state index is 0. The zero-order chi connectivity index (χ0) is 18.2. The second kappa shape index (κ2) is 18.5. The topological polar surface area (TPSA) is 0 Å². The molecule has 0 saturated heterocycles. The first kappa shape index (κ1) is 35.0. The SMILES string of the molecule is CC1=[C-]C(C)C(C)=C1C.CC1=[C-]C(C)C(C)=C1C.CC[SiH]CC.I.I.[Zr+2]. The Bertz CT molecular complexity index is 470. The van der Waals surface area contributed by atoms with Gasteiger partial charge in [-0.05, 0) is 0 Å². The molecule has 26 heavy (non-hydrogen) atoms. The minimum Gasteiger partial charge on any atom is -0.266 e. The van der Waals surface area contributed by atoms with Crippen LogP contribution >= 0.6 is 48.0 Å². The minimum absolute atomic E-state index is 0. The standard InChI is InChI=1S/2C9H13.C4H11Si.2HI.Zr/c2*1-6-5-7(2)9(4)8(6)3;1-3-5-4-2;;;/h2*6H,1-4H3;5H,3-4H2,1-2H3;2*1H;/q2*-1;;;;+2. The van der Waals surface area contributed by atoms with Crippen molar-refractivity contribution in [2.24, 2.45) is 11.8 Å². The number of hydrogen-bond acceptors (Lipinski definition) is 0. The predicted octanol–water partition coefficient (Wildman–Crippen LogP) is 7.98. The average molecular weight is 677 g/mol. The van der Waals surface area contributed by atoms with Crippen LogP contribution in [0.1, 0.15) is 69.2 Å². The molecule has 2 unspecified atom stereocenters. The molecule has 0 bridgehead atoms. The number of allylic oxidation sites excluding steroid dienone is 8. The van der Waals surface area contributed by atoms with Crippen LogP contribution in [0.15, 0.2) is 33.4 Å². The molecule has 4 heteroatoms. The molecule has 0 spiro atoms. The molecule has 0 amide bonds. The van der Waals surface area contributed by atoms with E-state index in [4.69, 9.17) is 0 Å². The molecule has 2 aliphatic carbocycles. The Balaban J connectivity index is -0.000000137. The fraction of sp³-hybridized carbons (Fsp3) is 0.636. The molecule has 149 valence electrons. The summed E-state index contributed by atoms with van der Waals surface area (Å²) in [6, 6.07) is 2.85. The largest absolute Gasteiger partial charge is 2.00 e. The summed E-state index contributed by atoms with van der Waals surface area (Å²) in [6.45, 7) is 21.8. The zero-order valence-electron chi connectivity index (χ0n) is 18.5. The van der Waals surface area contributed by atoms with E-state index in [1.54, 1.807) is 0 Å². The van der Waals surface area contributed by atoms with Crippen molar-refractivity contribution >= 4 is 57.5 Å². The smallest absolute Gasteiger partial charge is 0.266 e. The second-order valence-corrected chi connectivity index (χ2v) is 8.91. The van der Waals surface area contributed by atoms with Crippen LogP contribution in [0.4, 0.5) is 0 Å². The van der Waals surface area contributed by atoms with Crippen LogP contribution in [0.2, 0.25) is 12.1 Å². The third kappa shape index (κ3) is 12.2. The molecule has 2 aliphatic rings. The van der Waals surface area contributed by atoms with Gasteiger partial charge in [-0.2, -0.15) is 22.3 Å². The van der Waals surface area contributed by atoms with E-state index in [1.165, 1.54) is 45.5 Å². The summed E-state index contributed by atoms with van der Waals surface area (Å²) in [4.78, 5) is 0. The molecule has 1 radical (unpaired) electrons. The number of hydrogen-bond donors (Lipinski definition) is 0. The van der Waals surface area contributed by atoms with Crippen LogP contribution in [-0.4, -0.2) is 9.52 Å². The maximum absolute atomic E-state index is 3.36. The first-order valence-corrected chi connectivity index (χ1v) is 10.7. The van der Waals surface area contributed by atoms with Gasteiger partial charge in [0.2, 0.25) is 0 Å². The molecular weight excluding hydrogens is 637 g/mol. The molecule has 0 aromatic rings. The molecule has 0 saturated carbocycles. The van der Waals surface area contributed by atoms with Crippen LogP contribution in [0.3, 0.4) is 0 Å². The van der Waals surface area contributed by atoms with Crippen molar-refractivity contribution in [3.63, 3.8) is 0 Å². The Morgan fingerprint density at radius 2 is 0.962 bits per heavy atom. The maximum atomic E-state index is 3.36. The van der Waals surface area contributed by atoms with Gasteiger partial charge in [0.25, 0.3) is 0 Å². The molecule has 2 atom stereocenters. The zero-order valence-corrected chi connectivity index (χ0v) is 26.7. The quantitative estimate of drug-likeness (QED) is 0.158. The summed E-state index contributed by atoms with van der Waals surface area (Å²) in [6.07, 6.45) is 6.72. The normalized spacial score (nSPS) is 20.4. The van der Waals surface area contributed by atoms with Gasteiger partial charge in [-0.15, -0.1) is 61.8 Å². The van der Waals surface area contributed by atoms with E-state index in [0.717, 1.165) is 9.52 Å². The van der Waals surface area contributed by atoms with Gasteiger partial charge >= 0.3 is 26.2 Å². The van der Waals surface area contributed by atoms with Crippen LogP contribution in [0.5, 0.6) is 0 Å². The van der Waals surface area contributed by atoms with Gasteiger partial charge in [-0.3, -0.25) is 12.2 Å². The van der Waals surface area contributed by atoms with E-state index in [1.807, 2.05) is 0 Å². The summed E-state index contributed by atoms with van der Waals surface area (Å²) in [5.74, 6) is 1.12. The van der Waals surface area contributed by atoms with Crippen molar-refractivity contribution in [1.29, 1.82) is 0 Å². The van der Waals surface area contributed by atoms with Crippen molar-refractivity contribution in [3.8, 4) is 0 Å². The third-order valence-electron chi connectivity index (χ3n) is 5.05. The summed E-state index contributed by atoms with van der Waals surface area (Å²) in [5, 5.41) is 0. The van der Waals surface area contributed by atoms with E-state index in [-0.39, 0.29) is 74.2 Å². The van der Waals surface area contributed by atoms with Gasteiger partial charge in [-0.25, -0.2) is 11.1 Å². The van der Waals surface area contributed by atoms with Gasteiger partial charge in [-0.1, -0.05) is 79.3 Å². The molecule has 0 aliphatic heterocycles. The third-order valence-corrected chi connectivity index (χ3v) is 6.21. The Morgan fingerprint density at radius 1 is 0.692 bits per heavy atom. The molecular formula is C22H39I2SiZr. The van der Waals surface area contributed by atoms with Crippen LogP contribution in [-0.2, 0) is 26.2 Å². The Labute approximate surface area is 220 Å². The summed E-state index contributed by atoms with van der Waals surface area (Å²) in [5.41, 5.74) is 8.49. The Morgan fingerprint density at radius 3 is 1.00 bits per heavy atom. The molecule has 0 N–H and O–H groups in total. The van der Waals surface area contributed by atoms with Gasteiger partial charge in [0.1, 0.15) is 0 Å². The second-order valence-electron chi connectivity index (χ2n) is 6.70. The average Bonchev–Trinajstić information content (AvgIpc) is 2.86. The molecule has 0 aromatic heterocycles. The van der Waals surface area contributed by atoms with E-state index in [9.17, 15) is 0 Å². The fourth-order valence-corrected chi connectivity index (χ4v) is 3.19. The molecule has 2 rings (SSSR count). The van der Waals surface area contributed by atoms with Crippen molar-refractivity contribution in [2.75, 3.05) is 0 Å². The molecule has 0 aromatic carbocycles. The van der Waals surface area contributed by atoms with Gasteiger partial charge in [0, 0.05) is 9.52 Å². The summed E-state index contributed by atoms with van der Waals surface area (Å²) < 4.78 is 0. The van der Waals surface area contributed by atoms with Crippen LogP contribution in [0, 0.1) is 24.0 Å². The Kier molecular flexibility index (Phi) is 25.0. The van der Waals surface area contributed by atoms with Crippen LogP contribution < -0.4 is 0 Å². The van der Waals surface area contributed by atoms with Gasteiger partial charge in [0.05, 0.1) is 0 Å². The molecule has 0 nitrogen and oxygen atoms in total. The number of halogens is 2. The fourth-order valence-electron chi connectivity index (χ4n) is 2.61. The van der Waals surface area contributed by atoms with E-state index >= 15 is 0 Å². The summed E-state index contributed by atoms with van der Waals surface area (Å²) >= 11 is 0. The van der Waals surface area contributed by atoms with Crippen molar-refractivity contribution in [3.05, 3.63) is 45.6 Å². The van der Waals surface area contributed by atoms with Gasteiger partial charge in [0.15, 0.2) is 0 Å². The summed E-state index contributed by atoms with van der Waals surface area (Å²) in [7, 11) is 0.815. The van der Waals surface area contributed by atoms with Crippen molar-refractivity contribution in [1.82, 2.24) is 0 Å². The molecule has 0 heterocycles. The number of rotatable bonds is 2. The van der Waals surface area contributed by atoms with E-state index < -0.39 is 0 Å². The van der Waals surface area contributed by atoms with Gasteiger partial charge < -0.3 is 0 Å². The van der Waals surface area contributed by atoms with E-state index in [0.29, 0.717) is 11.8 Å². The Hall–Kier alpha value is 1.52. The van der Waals surface area contributed by atoms with Crippen molar-refractivity contribution < 1.29 is 26.2 Å². The predicted molar refractivity (Wildman–Crippen MR) is 139 cm³/mol. The van der Waals surface area contributed by atoms with E-state index in [2.05, 4.69) is 81.4 Å². The monoisotopic (exact) mass is 675 g/mol. The maximum Gasteiger partial charge on any atom is 2.00 e. The van der Waals surface area contributed by atoms with Crippen molar-refractivity contribution in [2.45, 2.75) is 81.3 Å².